The molecule has 4 aromatic heterocycles. The zero-order chi connectivity index (χ0) is 47.8. The average molecular weight is 984 g/mol. The number of nitrogens with zero attached hydrogens (tertiary/aromatic N) is 4. The molecule has 0 atom stereocenters. The lowest BCUT2D eigenvalue weighted by Gasteiger charge is -2.14. The summed E-state index contributed by atoms with van der Waals surface area (Å²) in [6, 6.07) is 21.7. The lowest BCUT2D eigenvalue weighted by molar-refractivity contribution is 0.146. The highest BCUT2D eigenvalue weighted by Crippen LogP contribution is 2.38. The van der Waals surface area contributed by atoms with Crippen LogP contribution in [-0.4, -0.2) is 104 Å². The molecule has 20 heteroatoms. The maximum atomic E-state index is 12.5. The summed E-state index contributed by atoms with van der Waals surface area (Å²) in [4.78, 5) is 20.0. The summed E-state index contributed by atoms with van der Waals surface area (Å²) in [5, 5.41) is 19.0. The summed E-state index contributed by atoms with van der Waals surface area (Å²) < 4.78 is 59.0. The summed E-state index contributed by atoms with van der Waals surface area (Å²) in [7, 11) is 1.19. The van der Waals surface area contributed by atoms with Crippen LogP contribution in [0.15, 0.2) is 95.0 Å². The van der Waals surface area contributed by atoms with E-state index in [4.69, 9.17) is 51.6 Å². The van der Waals surface area contributed by atoms with Gasteiger partial charge in [0.2, 0.25) is 0 Å². The van der Waals surface area contributed by atoms with Crippen molar-refractivity contribution in [2.75, 3.05) is 64.1 Å². The molecule has 362 valence electrons. The van der Waals surface area contributed by atoms with Crippen LogP contribution in [0.2, 0.25) is 10.0 Å². The molecule has 0 bridgehead atoms. The van der Waals surface area contributed by atoms with Gasteiger partial charge in [-0.05, 0) is 75.7 Å². The molecule has 0 aliphatic rings. The standard InChI is InChI=1S/C22H24ClNO6S.C18H21ClN4O3.C6H11N3.CH4/c1-4-31(25,26)20-13-19(30-14-15-5-7-16(28-3)8-6-15)17-9-10-18(29-12-11-27-2)21(23)22(17)24-20;1-11(2)20-15-6-7-23(22-15)16-10-13(24)12-4-5-14(26-9-8-25-3)17(19)18(12)21-16;1-5(2)8-6-3-4-7-9-6;/h5-10,13H,4,11-12,14H2,1-3H3;4-7,10-11H,8-9H2,1-3H3,(H,20,22)(H,21,24);3-5H,1-2H3,(H2,7,8,9);1H4. The number of aromatic amines is 2. The first kappa shape index (κ1) is 53.6. The van der Waals surface area contributed by atoms with Crippen molar-refractivity contribution in [2.24, 2.45) is 0 Å². The van der Waals surface area contributed by atoms with Gasteiger partial charge in [0.05, 0.1) is 43.3 Å². The summed E-state index contributed by atoms with van der Waals surface area (Å²) in [5.41, 5.74) is 1.57. The largest absolute Gasteiger partial charge is 0.497 e. The second kappa shape index (κ2) is 25.7. The molecule has 17 nitrogen and oxygen atoms in total. The maximum Gasteiger partial charge on any atom is 0.195 e. The number of anilines is 2. The van der Waals surface area contributed by atoms with Crippen molar-refractivity contribution < 1.29 is 36.8 Å². The van der Waals surface area contributed by atoms with Crippen LogP contribution in [0.1, 0.15) is 47.6 Å². The van der Waals surface area contributed by atoms with Gasteiger partial charge in [0.25, 0.3) is 0 Å². The van der Waals surface area contributed by atoms with Crippen molar-refractivity contribution in [2.45, 2.75) is 65.8 Å². The second-order valence-electron chi connectivity index (χ2n) is 15.0. The molecule has 0 aliphatic carbocycles. The molecule has 0 saturated carbocycles. The fourth-order valence-corrected chi connectivity index (χ4v) is 7.38. The number of hydrogen-bond donors (Lipinski definition) is 4. The van der Waals surface area contributed by atoms with E-state index in [1.807, 2.05) is 50.2 Å². The van der Waals surface area contributed by atoms with Crippen LogP contribution in [0.25, 0.3) is 27.6 Å². The SMILES string of the molecule is C.CC(C)Nc1ccn[nH]1.CCS(=O)(=O)c1cc(OCc2ccc(OC)cc2)c2ccc(OCCOC)c(Cl)c2n1.COCCOc1ccc2c(=O)cc(-n3ccc(NC(C)C)n3)[nH]c2c1Cl. The minimum atomic E-state index is -3.58. The molecule has 0 aliphatic heterocycles. The van der Waals surface area contributed by atoms with E-state index in [1.54, 1.807) is 69.6 Å². The van der Waals surface area contributed by atoms with Crippen molar-refractivity contribution >= 4 is 66.5 Å². The molecule has 0 radical (unpaired) electrons. The number of benzene rings is 3. The molecular weight excluding hydrogens is 924 g/mol. The van der Waals surface area contributed by atoms with Crippen LogP contribution in [0.4, 0.5) is 11.6 Å². The number of hydrogen-bond acceptors (Lipinski definition) is 14. The molecule has 7 aromatic rings. The zero-order valence-corrected chi connectivity index (χ0v) is 40.4. The first-order chi connectivity index (χ1) is 31.7. The summed E-state index contributed by atoms with van der Waals surface area (Å²) >= 11 is 13.0. The minimum absolute atomic E-state index is 0. The van der Waals surface area contributed by atoms with E-state index in [9.17, 15) is 13.2 Å². The molecular formula is C47H60Cl2N8O9S. The normalized spacial score (nSPS) is 11.0. The van der Waals surface area contributed by atoms with Gasteiger partial charge in [-0.15, -0.1) is 5.10 Å². The van der Waals surface area contributed by atoms with Crippen LogP contribution in [0.5, 0.6) is 23.0 Å². The number of methoxy groups -OCH3 is 3. The maximum absolute atomic E-state index is 12.5. The van der Waals surface area contributed by atoms with Crippen molar-refractivity contribution in [3.8, 4) is 28.8 Å². The van der Waals surface area contributed by atoms with E-state index in [2.05, 4.69) is 49.7 Å². The van der Waals surface area contributed by atoms with Gasteiger partial charge in [0.1, 0.15) is 70.3 Å². The average Bonchev–Trinajstić information content (AvgIpc) is 4.00. The van der Waals surface area contributed by atoms with Gasteiger partial charge in [0.15, 0.2) is 20.3 Å². The van der Waals surface area contributed by atoms with Gasteiger partial charge >= 0.3 is 0 Å². The topological polar surface area (TPSA) is 206 Å². The first-order valence-corrected chi connectivity index (χ1v) is 23.4. The second-order valence-corrected chi connectivity index (χ2v) is 18.0. The highest BCUT2D eigenvalue weighted by atomic mass is 35.5. The van der Waals surface area contributed by atoms with E-state index in [0.29, 0.717) is 82.4 Å². The Hall–Kier alpha value is -6.05. The molecule has 4 N–H and O–H groups in total. The van der Waals surface area contributed by atoms with Crippen molar-refractivity contribution in [3.05, 3.63) is 111 Å². The number of sulfone groups is 1. The smallest absolute Gasteiger partial charge is 0.195 e. The van der Waals surface area contributed by atoms with Gasteiger partial charge in [-0.2, -0.15) is 5.10 Å². The van der Waals surface area contributed by atoms with Crippen LogP contribution in [-0.2, 0) is 25.9 Å². The Bertz CT molecular complexity index is 2800. The van der Waals surface area contributed by atoms with Crippen molar-refractivity contribution in [1.29, 1.82) is 0 Å². The molecule has 0 saturated heterocycles. The molecule has 67 heavy (non-hydrogen) atoms. The highest BCUT2D eigenvalue weighted by Gasteiger charge is 2.21. The molecule has 3 aromatic carbocycles. The Morgan fingerprint density at radius 2 is 1.40 bits per heavy atom. The van der Waals surface area contributed by atoms with Crippen molar-refractivity contribution in [3.63, 3.8) is 0 Å². The highest BCUT2D eigenvalue weighted by molar-refractivity contribution is 7.91. The number of aromatic nitrogens is 6. The monoisotopic (exact) mass is 982 g/mol. The Labute approximate surface area is 401 Å². The van der Waals surface area contributed by atoms with E-state index in [-0.39, 0.29) is 41.3 Å². The van der Waals surface area contributed by atoms with E-state index < -0.39 is 9.84 Å². The fraction of sp³-hybridized carbons (Fsp3) is 0.362. The number of fused-ring (bicyclic) bond motifs is 2. The molecule has 0 spiro atoms. The Kier molecular flexibility index (Phi) is 20.6. The van der Waals surface area contributed by atoms with Crippen molar-refractivity contribution in [1.82, 2.24) is 29.9 Å². The first-order valence-electron chi connectivity index (χ1n) is 21.0. The molecule has 7 rings (SSSR count). The third-order valence-corrected chi connectivity index (χ3v) is 11.6. The number of pyridine rings is 2. The number of halogens is 2. The number of H-pyrrole nitrogens is 2. The van der Waals surface area contributed by atoms with Crippen LogP contribution in [0, 0.1) is 0 Å². The third kappa shape index (κ3) is 15.0. The molecule has 0 amide bonds. The van der Waals surface area contributed by atoms with Gasteiger partial charge < -0.3 is 44.0 Å². The zero-order valence-electron chi connectivity index (χ0n) is 38.1. The van der Waals surface area contributed by atoms with Crippen LogP contribution < -0.4 is 35.0 Å². The lowest BCUT2D eigenvalue weighted by Crippen LogP contribution is -2.12. The quantitative estimate of drug-likeness (QED) is 0.0558. The lowest BCUT2D eigenvalue weighted by atomic mass is 10.2. The van der Waals surface area contributed by atoms with Gasteiger partial charge in [-0.3, -0.25) is 9.89 Å². The van der Waals surface area contributed by atoms with Gasteiger partial charge in [-0.1, -0.05) is 49.7 Å². The van der Waals surface area contributed by atoms with E-state index in [1.165, 1.54) is 12.1 Å². The summed E-state index contributed by atoms with van der Waals surface area (Å²) in [5.74, 6) is 4.13. The number of rotatable bonds is 19. The van der Waals surface area contributed by atoms with E-state index >= 15 is 0 Å². The van der Waals surface area contributed by atoms with Crippen LogP contribution in [0.3, 0.4) is 0 Å². The summed E-state index contributed by atoms with van der Waals surface area (Å²) in [6.45, 7) is 11.5. The number of nitrogens with one attached hydrogen (secondary N) is 4. The van der Waals surface area contributed by atoms with Crippen LogP contribution >= 0.6 is 23.2 Å². The predicted molar refractivity (Wildman–Crippen MR) is 266 cm³/mol. The molecule has 0 fully saturated rings. The molecule has 0 unspecified atom stereocenters. The van der Waals surface area contributed by atoms with E-state index in [0.717, 1.165) is 22.9 Å². The summed E-state index contributed by atoms with van der Waals surface area (Å²) in [6.07, 6.45) is 3.50. The molecule has 4 heterocycles. The number of ether oxygens (including phenoxy) is 6. The van der Waals surface area contributed by atoms with Gasteiger partial charge in [0, 0.05) is 61.5 Å². The minimum Gasteiger partial charge on any atom is -0.497 e. The fourth-order valence-electron chi connectivity index (χ4n) is 6.04. The predicted octanol–water partition coefficient (Wildman–Crippen LogP) is 9.37. The van der Waals surface area contributed by atoms with Gasteiger partial charge in [-0.25, -0.2) is 18.1 Å². The Morgan fingerprint density at radius 3 is 1.99 bits per heavy atom. The Balaban J connectivity index is 0.000000246. The Morgan fingerprint density at radius 1 is 0.761 bits per heavy atom. The third-order valence-electron chi connectivity index (χ3n) is 9.28.